The van der Waals surface area contributed by atoms with Crippen LogP contribution in [-0.4, -0.2) is 10.8 Å². The van der Waals surface area contributed by atoms with Gasteiger partial charge in [-0.05, 0) is 11.6 Å². The maximum atomic E-state index is 11.2. The summed E-state index contributed by atoms with van der Waals surface area (Å²) in [5.74, 6) is 1.11. The second kappa shape index (κ2) is 6.68. The minimum absolute atomic E-state index is 0.0136. The van der Waals surface area contributed by atoms with Gasteiger partial charge in [0.05, 0.1) is 10.6 Å². The van der Waals surface area contributed by atoms with Crippen molar-refractivity contribution in [1.29, 1.82) is 0 Å². The molecule has 3 aromatic rings. The molecule has 1 aliphatic heterocycles. The summed E-state index contributed by atoms with van der Waals surface area (Å²) in [6.45, 7) is 0.520. The molecule has 6 nitrogen and oxygen atoms in total. The monoisotopic (exact) mass is 345 g/mol. The number of hydrogen-bond acceptors (Lipinski definition) is 5. The number of amidine groups is 1. The van der Waals surface area contributed by atoms with E-state index >= 15 is 0 Å². The van der Waals surface area contributed by atoms with Crippen molar-refractivity contribution in [3.63, 3.8) is 0 Å². The lowest BCUT2D eigenvalue weighted by molar-refractivity contribution is -0.384. The van der Waals surface area contributed by atoms with Gasteiger partial charge in [-0.1, -0.05) is 65.8 Å². The molecule has 128 valence electrons. The minimum atomic E-state index is -0.408. The molecule has 0 aliphatic carbocycles. The number of nitro benzene ring substituents is 1. The van der Waals surface area contributed by atoms with E-state index in [1.807, 2.05) is 65.6 Å². The lowest BCUT2D eigenvalue weighted by Crippen LogP contribution is -2.34. The molecule has 0 aromatic heterocycles. The molecule has 1 heterocycles. The first-order chi connectivity index (χ1) is 12.7. The normalized spacial score (nSPS) is 12.8. The first-order valence-corrected chi connectivity index (χ1v) is 8.13. The number of benzene rings is 3. The smallest absolute Gasteiger partial charge is 0.271 e. The summed E-state index contributed by atoms with van der Waals surface area (Å²) in [4.78, 5) is 18.3. The molecule has 1 aliphatic rings. The third-order valence-electron chi connectivity index (χ3n) is 4.15. The van der Waals surface area contributed by atoms with E-state index in [1.165, 1.54) is 12.1 Å². The van der Waals surface area contributed by atoms with Gasteiger partial charge in [0.15, 0.2) is 11.6 Å². The van der Waals surface area contributed by atoms with Crippen molar-refractivity contribution in [3.8, 4) is 5.75 Å². The van der Waals surface area contributed by atoms with Crippen LogP contribution in [-0.2, 0) is 6.54 Å². The molecule has 4 rings (SSSR count). The van der Waals surface area contributed by atoms with Gasteiger partial charge in [0.25, 0.3) is 5.69 Å². The highest BCUT2D eigenvalue weighted by Crippen LogP contribution is 2.37. The maximum absolute atomic E-state index is 11.2. The molecule has 0 saturated heterocycles. The van der Waals surface area contributed by atoms with Crippen LogP contribution in [0, 0.1) is 10.1 Å². The van der Waals surface area contributed by atoms with Crippen molar-refractivity contribution in [1.82, 2.24) is 0 Å². The summed E-state index contributed by atoms with van der Waals surface area (Å²) in [5, 5.41) is 15.5. The van der Waals surface area contributed by atoms with Crippen molar-refractivity contribution in [2.45, 2.75) is 6.54 Å². The fourth-order valence-corrected chi connectivity index (χ4v) is 2.89. The second-order valence-electron chi connectivity index (χ2n) is 5.85. The number of fused-ring (bicyclic) bond motifs is 1. The Labute approximate surface area is 150 Å². The molecule has 0 unspecified atom stereocenters. The number of rotatable bonds is 4. The van der Waals surface area contributed by atoms with Crippen LogP contribution < -0.4 is 9.74 Å². The van der Waals surface area contributed by atoms with Gasteiger partial charge < -0.3 is 9.74 Å². The number of oxime groups is 1. The summed E-state index contributed by atoms with van der Waals surface area (Å²) in [6.07, 6.45) is 0. The molecule has 0 fully saturated rings. The third kappa shape index (κ3) is 3.00. The van der Waals surface area contributed by atoms with E-state index in [1.54, 1.807) is 6.07 Å². The predicted octanol–water partition coefficient (Wildman–Crippen LogP) is 4.36. The van der Waals surface area contributed by atoms with E-state index in [9.17, 15) is 10.1 Å². The van der Waals surface area contributed by atoms with E-state index in [2.05, 4.69) is 5.16 Å². The maximum Gasteiger partial charge on any atom is 0.271 e. The average molecular weight is 345 g/mol. The SMILES string of the molecule is O=[N+]([O-])c1ccc2c(c1)N(Cc1ccccc1)C(c1ccccc1)=NO2. The van der Waals surface area contributed by atoms with E-state index in [4.69, 9.17) is 4.84 Å². The molecular weight excluding hydrogens is 330 g/mol. The lowest BCUT2D eigenvalue weighted by atomic mass is 10.1. The molecule has 0 bridgehead atoms. The molecule has 0 amide bonds. The van der Waals surface area contributed by atoms with Gasteiger partial charge in [-0.25, -0.2) is 0 Å². The van der Waals surface area contributed by atoms with Crippen molar-refractivity contribution >= 4 is 17.2 Å². The number of non-ortho nitro benzene ring substituents is 1. The van der Waals surface area contributed by atoms with Crippen LogP contribution in [0.2, 0.25) is 0 Å². The summed E-state index contributed by atoms with van der Waals surface area (Å²) < 4.78 is 0. The van der Waals surface area contributed by atoms with Crippen molar-refractivity contribution in [2.75, 3.05) is 4.90 Å². The molecule has 0 N–H and O–H groups in total. The minimum Gasteiger partial charge on any atom is -0.353 e. The van der Waals surface area contributed by atoms with Gasteiger partial charge in [-0.3, -0.25) is 10.1 Å². The topological polar surface area (TPSA) is 68.0 Å². The van der Waals surface area contributed by atoms with Crippen LogP contribution in [0.1, 0.15) is 11.1 Å². The molecule has 3 aromatic carbocycles. The van der Waals surface area contributed by atoms with E-state index in [0.717, 1.165) is 11.1 Å². The zero-order valence-electron chi connectivity index (χ0n) is 13.8. The van der Waals surface area contributed by atoms with Crippen molar-refractivity contribution in [2.24, 2.45) is 5.16 Å². The van der Waals surface area contributed by atoms with Gasteiger partial charge in [-0.2, -0.15) is 0 Å². The highest BCUT2D eigenvalue weighted by atomic mass is 16.6. The highest BCUT2D eigenvalue weighted by Gasteiger charge is 2.27. The van der Waals surface area contributed by atoms with Gasteiger partial charge in [0.1, 0.15) is 0 Å². The summed E-state index contributed by atoms with van der Waals surface area (Å²) >= 11 is 0. The Morgan fingerprint density at radius 2 is 1.65 bits per heavy atom. The number of nitro groups is 1. The fourth-order valence-electron chi connectivity index (χ4n) is 2.89. The van der Waals surface area contributed by atoms with Crippen LogP contribution in [0.4, 0.5) is 11.4 Å². The zero-order valence-corrected chi connectivity index (χ0v) is 13.8. The van der Waals surface area contributed by atoms with Gasteiger partial charge in [0.2, 0.25) is 0 Å². The van der Waals surface area contributed by atoms with Gasteiger partial charge in [-0.15, -0.1) is 0 Å². The molecule has 0 spiro atoms. The number of anilines is 1. The first-order valence-electron chi connectivity index (χ1n) is 8.13. The number of hydrogen-bond donors (Lipinski definition) is 0. The summed E-state index contributed by atoms with van der Waals surface area (Å²) in [6, 6.07) is 24.0. The van der Waals surface area contributed by atoms with Crippen LogP contribution >= 0.6 is 0 Å². The Balaban J connectivity index is 1.81. The predicted molar refractivity (Wildman–Crippen MR) is 99.3 cm³/mol. The van der Waals surface area contributed by atoms with E-state index in [-0.39, 0.29) is 5.69 Å². The van der Waals surface area contributed by atoms with Crippen molar-refractivity contribution < 1.29 is 9.76 Å². The summed E-state index contributed by atoms with van der Waals surface area (Å²) in [5.41, 5.74) is 2.58. The van der Waals surface area contributed by atoms with Crippen LogP contribution in [0.3, 0.4) is 0 Å². The molecule has 0 atom stereocenters. The Kier molecular flexibility index (Phi) is 4.07. The standard InChI is InChI=1S/C20H15N3O3/c24-23(25)17-11-12-19-18(13-17)22(14-15-7-3-1-4-8-15)20(21-26-19)16-9-5-2-6-10-16/h1-13H,14H2. The third-order valence-corrected chi connectivity index (χ3v) is 4.15. The highest BCUT2D eigenvalue weighted by molar-refractivity contribution is 6.11. The number of nitrogens with zero attached hydrogens (tertiary/aromatic N) is 3. The Hall–Kier alpha value is -3.67. The largest absolute Gasteiger partial charge is 0.353 e. The molecule has 0 radical (unpaired) electrons. The Morgan fingerprint density at radius 3 is 2.35 bits per heavy atom. The van der Waals surface area contributed by atoms with Gasteiger partial charge >= 0.3 is 0 Å². The molecular formula is C20H15N3O3. The van der Waals surface area contributed by atoms with E-state index in [0.29, 0.717) is 23.8 Å². The summed E-state index contributed by atoms with van der Waals surface area (Å²) in [7, 11) is 0. The Bertz CT molecular complexity index is 972. The van der Waals surface area contributed by atoms with Crippen LogP contribution in [0.5, 0.6) is 5.75 Å². The van der Waals surface area contributed by atoms with Crippen LogP contribution in [0.15, 0.2) is 84.0 Å². The zero-order chi connectivity index (χ0) is 17.9. The molecule has 0 saturated carbocycles. The molecule has 26 heavy (non-hydrogen) atoms. The molecule has 6 heteroatoms. The second-order valence-corrected chi connectivity index (χ2v) is 5.85. The van der Waals surface area contributed by atoms with Gasteiger partial charge in [0, 0.05) is 24.2 Å². The van der Waals surface area contributed by atoms with E-state index < -0.39 is 4.92 Å². The quantitative estimate of drug-likeness (QED) is 0.520. The Morgan fingerprint density at radius 1 is 0.962 bits per heavy atom. The van der Waals surface area contributed by atoms with Crippen molar-refractivity contribution in [3.05, 3.63) is 100 Å². The average Bonchev–Trinajstić information content (AvgIpc) is 2.69. The first kappa shape index (κ1) is 15.8. The fraction of sp³-hybridized carbons (Fsp3) is 0.0500. The van der Waals surface area contributed by atoms with Crippen LogP contribution in [0.25, 0.3) is 0 Å². The lowest BCUT2D eigenvalue weighted by Gasteiger charge is -2.30.